The maximum Gasteiger partial charge on any atom is 0.257 e. The zero-order valence-corrected chi connectivity index (χ0v) is 30.4. The zero-order valence-electron chi connectivity index (χ0n) is 30.4. The Bertz CT molecular complexity index is 2090. The van der Waals surface area contributed by atoms with Crippen molar-refractivity contribution in [2.45, 2.75) is 57.6 Å². The first kappa shape index (κ1) is 39.7. The Labute approximate surface area is 316 Å². The minimum atomic E-state index is -2.34. The summed E-state index contributed by atoms with van der Waals surface area (Å²) in [5.74, 6) is -12.7. The van der Waals surface area contributed by atoms with Gasteiger partial charge in [0.2, 0.25) is 5.82 Å². The van der Waals surface area contributed by atoms with E-state index in [-0.39, 0.29) is 37.3 Å². The van der Waals surface area contributed by atoms with E-state index in [1.807, 2.05) is 98.9 Å². The Kier molecular flexibility index (Phi) is 12.4. The van der Waals surface area contributed by atoms with Crippen LogP contribution in [0.3, 0.4) is 0 Å². The minimum Gasteiger partial charge on any atom is -0.392 e. The molecule has 0 radical (unpaired) electrons. The first-order valence-electron chi connectivity index (χ1n) is 17.8. The number of hydrogen-bond donors (Lipinski definition) is 3. The molecule has 6 rings (SSSR count). The Morgan fingerprint density at radius 3 is 2.04 bits per heavy atom. The molecule has 0 aliphatic carbocycles. The fourth-order valence-corrected chi connectivity index (χ4v) is 6.75. The number of rotatable bonds is 12. The molecule has 1 saturated heterocycles. The summed E-state index contributed by atoms with van der Waals surface area (Å²) in [6, 6.07) is 31.2. The molecule has 1 aliphatic heterocycles. The molecule has 1 aliphatic rings. The predicted octanol–water partition coefficient (Wildman–Crippen LogP) is 8.32. The summed E-state index contributed by atoms with van der Waals surface area (Å²) in [7, 11) is 1.95. The second-order valence-corrected chi connectivity index (χ2v) is 13.8. The van der Waals surface area contributed by atoms with Crippen LogP contribution < -0.4 is 5.32 Å². The molecular weight excluding hydrogens is 719 g/mol. The van der Waals surface area contributed by atoms with Crippen molar-refractivity contribution < 1.29 is 46.4 Å². The van der Waals surface area contributed by atoms with Crippen molar-refractivity contribution in [1.29, 1.82) is 0 Å². The molecular formula is C43H41F5N2O5. The molecule has 7 nitrogen and oxygen atoms in total. The Balaban J connectivity index is 1.23. The predicted molar refractivity (Wildman–Crippen MR) is 196 cm³/mol. The van der Waals surface area contributed by atoms with Crippen LogP contribution in [0.1, 0.15) is 70.5 Å². The Hall–Kier alpha value is -4.98. The lowest BCUT2D eigenvalue weighted by Gasteiger charge is -2.43. The quantitative estimate of drug-likeness (QED) is 0.0674. The maximum absolute atomic E-state index is 14.2. The summed E-state index contributed by atoms with van der Waals surface area (Å²) in [6.07, 6.45) is -2.23. The van der Waals surface area contributed by atoms with Crippen LogP contribution in [-0.2, 0) is 22.6 Å². The normalized spacial score (nSPS) is 19.6. The topological polar surface area (TPSA) is 91.3 Å². The summed E-state index contributed by atoms with van der Waals surface area (Å²) in [6.45, 7) is 4.15. The number of hydrogen-bond acceptors (Lipinski definition) is 6. The van der Waals surface area contributed by atoms with Crippen LogP contribution >= 0.6 is 0 Å². The number of aliphatic hydroxyl groups is 2. The SMILES string of the molecule is CC1C(CN(C)C(C)C(O)c2ccccc2)OC(c2cccc(-c3cccc(CNC(=O)c4c(F)c(F)c(F)c(F)c4F)c3)c2)OC1c1ccc(CO)cc1. The van der Waals surface area contributed by atoms with E-state index in [9.17, 15) is 37.0 Å². The van der Waals surface area contributed by atoms with Crippen LogP contribution in [0.25, 0.3) is 11.1 Å². The van der Waals surface area contributed by atoms with Crippen LogP contribution in [0.4, 0.5) is 22.0 Å². The van der Waals surface area contributed by atoms with Gasteiger partial charge in [0, 0.05) is 30.6 Å². The Morgan fingerprint density at radius 1 is 0.764 bits per heavy atom. The molecule has 3 N–H and O–H groups in total. The number of carbonyl (C=O) groups excluding carboxylic acids is 1. The molecule has 12 heteroatoms. The highest BCUT2D eigenvalue weighted by molar-refractivity contribution is 5.94. The van der Waals surface area contributed by atoms with Crippen LogP contribution in [0.15, 0.2) is 103 Å². The molecule has 5 aromatic carbocycles. The number of ether oxygens (including phenoxy) is 2. The van der Waals surface area contributed by atoms with Crippen molar-refractivity contribution in [3.05, 3.63) is 166 Å². The highest BCUT2D eigenvalue weighted by Crippen LogP contribution is 2.43. The van der Waals surface area contributed by atoms with Crippen molar-refractivity contribution in [2.75, 3.05) is 13.6 Å². The van der Waals surface area contributed by atoms with Gasteiger partial charge in [-0.2, -0.15) is 0 Å². The van der Waals surface area contributed by atoms with Crippen molar-refractivity contribution >= 4 is 5.91 Å². The van der Waals surface area contributed by atoms with Gasteiger partial charge in [-0.1, -0.05) is 97.9 Å². The summed E-state index contributed by atoms with van der Waals surface area (Å²) < 4.78 is 82.7. The summed E-state index contributed by atoms with van der Waals surface area (Å²) in [5, 5.41) is 23.0. The second-order valence-electron chi connectivity index (χ2n) is 13.8. The van der Waals surface area contributed by atoms with Crippen LogP contribution in [0.2, 0.25) is 0 Å². The van der Waals surface area contributed by atoms with Gasteiger partial charge in [0.25, 0.3) is 5.91 Å². The van der Waals surface area contributed by atoms with Crippen molar-refractivity contribution in [3.8, 4) is 11.1 Å². The van der Waals surface area contributed by atoms with Crippen LogP contribution in [0.5, 0.6) is 0 Å². The second kappa shape index (κ2) is 17.2. The van der Waals surface area contributed by atoms with Crippen LogP contribution in [0, 0.1) is 35.0 Å². The molecule has 55 heavy (non-hydrogen) atoms. The van der Waals surface area contributed by atoms with Crippen molar-refractivity contribution in [3.63, 3.8) is 0 Å². The van der Waals surface area contributed by atoms with Gasteiger partial charge in [-0.25, -0.2) is 22.0 Å². The third-order valence-electron chi connectivity index (χ3n) is 10.2. The molecule has 0 aromatic heterocycles. The fourth-order valence-electron chi connectivity index (χ4n) is 6.75. The number of amides is 1. The molecule has 5 aromatic rings. The fraction of sp³-hybridized carbons (Fsp3) is 0.279. The van der Waals surface area contributed by atoms with E-state index >= 15 is 0 Å². The van der Waals surface area contributed by atoms with E-state index in [0.717, 1.165) is 27.8 Å². The first-order chi connectivity index (χ1) is 26.4. The molecule has 1 heterocycles. The van der Waals surface area contributed by atoms with Gasteiger partial charge in [0.1, 0.15) is 5.56 Å². The number of likely N-dealkylation sites (N-methyl/N-ethyl adjacent to an activating group) is 1. The first-order valence-corrected chi connectivity index (χ1v) is 17.8. The standard InChI is InChI=1S/C43H41F5N2O5/c1-24-33(22-50(3)25(2)40(52)28-10-5-4-6-11-28)54-43(55-41(24)29-17-15-26(23-51)16-18-29)32-14-8-13-31(20-32)30-12-7-9-27(19-30)21-49-42(53)34-35(44)37(46)39(48)38(47)36(34)45/h4-20,24-25,33,40-41,43,51-52H,21-23H2,1-3H3,(H,49,53). The molecule has 288 valence electrons. The Morgan fingerprint density at radius 2 is 1.38 bits per heavy atom. The van der Waals surface area contributed by atoms with E-state index in [0.29, 0.717) is 17.7 Å². The molecule has 1 amide bonds. The number of nitrogens with one attached hydrogen (secondary N) is 1. The van der Waals surface area contributed by atoms with Gasteiger partial charge in [-0.05, 0) is 59.5 Å². The third-order valence-corrected chi connectivity index (χ3v) is 10.2. The maximum atomic E-state index is 14.2. The molecule has 6 atom stereocenters. The monoisotopic (exact) mass is 760 g/mol. The van der Waals surface area contributed by atoms with Gasteiger partial charge in [-0.15, -0.1) is 0 Å². The highest BCUT2D eigenvalue weighted by atomic mass is 19.2. The van der Waals surface area contributed by atoms with E-state index in [1.165, 1.54) is 0 Å². The van der Waals surface area contributed by atoms with E-state index in [2.05, 4.69) is 17.1 Å². The molecule has 0 saturated carbocycles. The summed E-state index contributed by atoms with van der Waals surface area (Å²) in [4.78, 5) is 14.6. The number of nitrogens with zero attached hydrogens (tertiary/aromatic N) is 1. The smallest absolute Gasteiger partial charge is 0.257 e. The lowest BCUT2D eigenvalue weighted by molar-refractivity contribution is -0.276. The van der Waals surface area contributed by atoms with E-state index in [4.69, 9.17) is 9.47 Å². The molecule has 0 bridgehead atoms. The van der Waals surface area contributed by atoms with Gasteiger partial charge in [0.15, 0.2) is 29.6 Å². The zero-order chi connectivity index (χ0) is 39.4. The van der Waals surface area contributed by atoms with Gasteiger partial charge in [0.05, 0.1) is 24.9 Å². The van der Waals surface area contributed by atoms with Crippen LogP contribution in [-0.4, -0.2) is 46.8 Å². The summed E-state index contributed by atoms with van der Waals surface area (Å²) >= 11 is 0. The molecule has 1 fully saturated rings. The lowest BCUT2D eigenvalue weighted by Crippen LogP contribution is -2.46. The van der Waals surface area contributed by atoms with Gasteiger partial charge < -0.3 is 25.0 Å². The minimum absolute atomic E-state index is 0.0895. The number of aliphatic hydroxyl groups excluding tert-OH is 2. The van der Waals surface area contributed by atoms with Gasteiger partial charge in [-0.3, -0.25) is 9.69 Å². The van der Waals surface area contributed by atoms with E-state index in [1.54, 1.807) is 18.2 Å². The number of benzene rings is 5. The van der Waals surface area contributed by atoms with Crippen molar-refractivity contribution in [1.82, 2.24) is 10.2 Å². The summed E-state index contributed by atoms with van der Waals surface area (Å²) in [5.41, 5.74) is 3.63. The average molecular weight is 761 g/mol. The van der Waals surface area contributed by atoms with Gasteiger partial charge >= 0.3 is 0 Å². The van der Waals surface area contributed by atoms with Crippen molar-refractivity contribution in [2.24, 2.45) is 5.92 Å². The van der Waals surface area contributed by atoms with E-state index < -0.39 is 53.0 Å². The largest absolute Gasteiger partial charge is 0.392 e. The molecule has 0 spiro atoms. The lowest BCUT2D eigenvalue weighted by atomic mass is 9.89. The average Bonchev–Trinajstić information content (AvgIpc) is 3.22. The third kappa shape index (κ3) is 8.64. The highest BCUT2D eigenvalue weighted by Gasteiger charge is 2.40. The molecule has 6 unspecified atom stereocenters. The number of carbonyl (C=O) groups is 1. The number of halogens is 5.